The van der Waals surface area contributed by atoms with Crippen molar-refractivity contribution in [3.8, 4) is 0 Å². The molecule has 0 saturated heterocycles. The number of anilines is 2. The first-order chi connectivity index (χ1) is 10.7. The van der Waals surface area contributed by atoms with Gasteiger partial charge in [-0.25, -0.2) is 22.0 Å². The van der Waals surface area contributed by atoms with Crippen LogP contribution in [0.1, 0.15) is 5.56 Å². The minimum atomic E-state index is -2.24. The van der Waals surface area contributed by atoms with Crippen LogP contribution >= 0.6 is 23.8 Å². The Bertz CT molecular complexity index is 768. The maximum absolute atomic E-state index is 13.6. The van der Waals surface area contributed by atoms with Crippen LogP contribution in [0.25, 0.3) is 0 Å². The molecule has 2 nitrogen and oxygen atoms in total. The van der Waals surface area contributed by atoms with Crippen molar-refractivity contribution in [2.75, 3.05) is 10.6 Å². The van der Waals surface area contributed by atoms with Gasteiger partial charge in [-0.05, 0) is 36.8 Å². The van der Waals surface area contributed by atoms with Gasteiger partial charge in [0.2, 0.25) is 5.82 Å². The molecule has 0 aliphatic rings. The van der Waals surface area contributed by atoms with E-state index in [9.17, 15) is 22.0 Å². The lowest BCUT2D eigenvalue weighted by Gasteiger charge is -2.14. The summed E-state index contributed by atoms with van der Waals surface area (Å²) in [6.45, 7) is 1.71. The Hall–Kier alpha value is -1.93. The predicted molar refractivity (Wildman–Crippen MR) is 82.3 cm³/mol. The standard InChI is InChI=1S/C14H8ClF5N2S/c1-5-2-3-6(15)4-7(5)21-14(23)22-13-11(19)9(17)8(16)10(18)12(13)20/h2-4H,1H3,(H2,21,22,23). The second-order valence-electron chi connectivity index (χ2n) is 4.48. The summed E-state index contributed by atoms with van der Waals surface area (Å²) in [5, 5.41) is 4.54. The largest absolute Gasteiger partial charge is 0.332 e. The lowest BCUT2D eigenvalue weighted by Crippen LogP contribution is -2.22. The monoisotopic (exact) mass is 366 g/mol. The molecule has 2 aromatic carbocycles. The number of nitrogens with one attached hydrogen (secondary N) is 2. The lowest BCUT2D eigenvalue weighted by atomic mass is 10.2. The van der Waals surface area contributed by atoms with Gasteiger partial charge in [0.05, 0.1) is 0 Å². The van der Waals surface area contributed by atoms with Crippen molar-refractivity contribution in [3.63, 3.8) is 0 Å². The summed E-state index contributed by atoms with van der Waals surface area (Å²) >= 11 is 10.6. The van der Waals surface area contributed by atoms with E-state index in [1.165, 1.54) is 6.07 Å². The van der Waals surface area contributed by atoms with Crippen molar-refractivity contribution >= 4 is 40.3 Å². The van der Waals surface area contributed by atoms with E-state index in [2.05, 4.69) is 5.32 Å². The number of hydrogen-bond acceptors (Lipinski definition) is 1. The highest BCUT2D eigenvalue weighted by Crippen LogP contribution is 2.27. The molecule has 0 radical (unpaired) electrons. The molecule has 0 fully saturated rings. The Balaban J connectivity index is 2.29. The van der Waals surface area contributed by atoms with E-state index in [1.807, 2.05) is 5.32 Å². The van der Waals surface area contributed by atoms with Gasteiger partial charge in [0.15, 0.2) is 28.4 Å². The Morgan fingerprint density at radius 2 is 1.43 bits per heavy atom. The van der Waals surface area contributed by atoms with Crippen LogP contribution in [0, 0.1) is 36.0 Å². The van der Waals surface area contributed by atoms with Gasteiger partial charge in [0.25, 0.3) is 0 Å². The van der Waals surface area contributed by atoms with Crippen molar-refractivity contribution in [2.24, 2.45) is 0 Å². The molecule has 0 bridgehead atoms. The first kappa shape index (κ1) is 17.4. The van der Waals surface area contributed by atoms with Gasteiger partial charge in [-0.1, -0.05) is 17.7 Å². The molecule has 0 heterocycles. The minimum absolute atomic E-state index is 0.362. The fourth-order valence-electron chi connectivity index (χ4n) is 1.71. The molecule has 0 aromatic heterocycles. The van der Waals surface area contributed by atoms with Crippen molar-refractivity contribution in [1.82, 2.24) is 0 Å². The fourth-order valence-corrected chi connectivity index (χ4v) is 2.09. The van der Waals surface area contributed by atoms with E-state index < -0.39 is 34.8 Å². The van der Waals surface area contributed by atoms with Crippen molar-refractivity contribution < 1.29 is 22.0 Å². The zero-order valence-electron chi connectivity index (χ0n) is 11.4. The molecular formula is C14H8ClF5N2S. The van der Waals surface area contributed by atoms with Gasteiger partial charge in [0, 0.05) is 10.7 Å². The van der Waals surface area contributed by atoms with Gasteiger partial charge in [-0.15, -0.1) is 0 Å². The van der Waals surface area contributed by atoms with E-state index in [-0.39, 0.29) is 5.11 Å². The summed E-state index contributed by atoms with van der Waals surface area (Å²) in [5.41, 5.74) is -0.117. The number of hydrogen-bond donors (Lipinski definition) is 2. The van der Waals surface area contributed by atoms with E-state index in [1.54, 1.807) is 19.1 Å². The quantitative estimate of drug-likeness (QED) is 0.332. The summed E-state index contributed by atoms with van der Waals surface area (Å²) in [6, 6.07) is 4.76. The topological polar surface area (TPSA) is 24.1 Å². The molecular weight excluding hydrogens is 359 g/mol. The lowest BCUT2D eigenvalue weighted by molar-refractivity contribution is 0.382. The summed E-state index contributed by atoms with van der Waals surface area (Å²) in [5.74, 6) is -10.4. The first-order valence-electron chi connectivity index (χ1n) is 6.08. The third-order valence-electron chi connectivity index (χ3n) is 2.90. The molecule has 0 aliphatic carbocycles. The molecule has 0 atom stereocenters. The number of rotatable bonds is 2. The zero-order chi connectivity index (χ0) is 17.3. The highest BCUT2D eigenvalue weighted by molar-refractivity contribution is 7.80. The zero-order valence-corrected chi connectivity index (χ0v) is 13.0. The Morgan fingerprint density at radius 1 is 0.913 bits per heavy atom. The molecule has 0 aliphatic heterocycles. The molecule has 122 valence electrons. The first-order valence-corrected chi connectivity index (χ1v) is 6.86. The third kappa shape index (κ3) is 3.53. The van der Waals surface area contributed by atoms with E-state index in [0.29, 0.717) is 16.3 Å². The Kier molecular flexibility index (Phi) is 5.06. The Morgan fingerprint density at radius 3 is 2.00 bits per heavy atom. The molecule has 2 N–H and O–H groups in total. The number of halogens is 6. The summed E-state index contributed by atoms with van der Waals surface area (Å²) in [4.78, 5) is 0. The fraction of sp³-hybridized carbons (Fsp3) is 0.0714. The number of aryl methyl sites for hydroxylation is 1. The predicted octanol–water partition coefficient (Wildman–Crippen LogP) is 5.15. The molecule has 0 spiro atoms. The third-order valence-corrected chi connectivity index (χ3v) is 3.34. The van der Waals surface area contributed by atoms with Crippen molar-refractivity contribution in [2.45, 2.75) is 6.92 Å². The second kappa shape index (κ2) is 6.67. The summed E-state index contributed by atoms with van der Waals surface area (Å²) in [7, 11) is 0. The van der Waals surface area contributed by atoms with Crippen LogP contribution in [0.4, 0.5) is 33.3 Å². The van der Waals surface area contributed by atoms with Crippen LogP contribution in [0.2, 0.25) is 5.02 Å². The van der Waals surface area contributed by atoms with Gasteiger partial charge in [0.1, 0.15) is 5.69 Å². The van der Waals surface area contributed by atoms with Crippen LogP contribution in [-0.4, -0.2) is 5.11 Å². The maximum Gasteiger partial charge on any atom is 0.200 e. The number of benzene rings is 2. The normalized spacial score (nSPS) is 10.6. The van der Waals surface area contributed by atoms with Gasteiger partial charge in [-0.3, -0.25) is 0 Å². The SMILES string of the molecule is Cc1ccc(Cl)cc1NC(=S)Nc1c(F)c(F)c(F)c(F)c1F. The molecule has 0 saturated carbocycles. The van der Waals surface area contributed by atoms with E-state index >= 15 is 0 Å². The van der Waals surface area contributed by atoms with Crippen molar-refractivity contribution in [3.05, 3.63) is 57.9 Å². The van der Waals surface area contributed by atoms with E-state index in [4.69, 9.17) is 23.8 Å². The molecule has 2 aromatic rings. The molecule has 0 amide bonds. The summed E-state index contributed by atoms with van der Waals surface area (Å²) in [6.07, 6.45) is 0. The summed E-state index contributed by atoms with van der Waals surface area (Å²) < 4.78 is 66.3. The second-order valence-corrected chi connectivity index (χ2v) is 5.33. The van der Waals surface area contributed by atoms with Crippen molar-refractivity contribution in [1.29, 1.82) is 0 Å². The maximum atomic E-state index is 13.6. The minimum Gasteiger partial charge on any atom is -0.332 e. The van der Waals surface area contributed by atoms with Crippen LogP contribution in [0.3, 0.4) is 0 Å². The van der Waals surface area contributed by atoms with Gasteiger partial charge < -0.3 is 10.6 Å². The van der Waals surface area contributed by atoms with Gasteiger partial charge >= 0.3 is 0 Å². The van der Waals surface area contributed by atoms with Crippen LogP contribution in [0.15, 0.2) is 18.2 Å². The average Bonchev–Trinajstić information content (AvgIpc) is 2.51. The van der Waals surface area contributed by atoms with Crippen LogP contribution in [0.5, 0.6) is 0 Å². The van der Waals surface area contributed by atoms with Crippen LogP contribution in [-0.2, 0) is 0 Å². The highest BCUT2D eigenvalue weighted by atomic mass is 35.5. The molecule has 0 unspecified atom stereocenters. The van der Waals surface area contributed by atoms with Crippen LogP contribution < -0.4 is 10.6 Å². The van der Waals surface area contributed by atoms with Gasteiger partial charge in [-0.2, -0.15) is 0 Å². The Labute approximate surface area is 138 Å². The molecule has 2 rings (SSSR count). The number of thiocarbonyl (C=S) groups is 1. The smallest absolute Gasteiger partial charge is 0.200 e. The average molecular weight is 367 g/mol. The van der Waals surface area contributed by atoms with E-state index in [0.717, 1.165) is 0 Å². The highest BCUT2D eigenvalue weighted by Gasteiger charge is 2.26. The molecule has 9 heteroatoms. The molecule has 23 heavy (non-hydrogen) atoms.